The van der Waals surface area contributed by atoms with E-state index in [1.807, 2.05) is 30.3 Å². The van der Waals surface area contributed by atoms with Crippen LogP contribution < -0.4 is 2.81 Å². The van der Waals surface area contributed by atoms with Gasteiger partial charge in [0.15, 0.2) is 0 Å². The minimum absolute atomic E-state index is 0.378. The quantitative estimate of drug-likeness (QED) is 0.508. The van der Waals surface area contributed by atoms with Crippen LogP contribution in [0.2, 0.25) is 0 Å². The summed E-state index contributed by atoms with van der Waals surface area (Å²) in [5, 5.41) is 0. The second-order valence-corrected chi connectivity index (χ2v) is 5.41. The molecule has 1 aliphatic carbocycles. The summed E-state index contributed by atoms with van der Waals surface area (Å²) in [4.78, 5) is 23.9. The third kappa shape index (κ3) is 1.61. The first-order chi connectivity index (χ1) is 8.18. The number of carbonyl (C=O) groups is 2. The van der Waals surface area contributed by atoms with Gasteiger partial charge < -0.3 is 0 Å². The van der Waals surface area contributed by atoms with Gasteiger partial charge in [-0.15, -0.1) is 0 Å². The predicted octanol–water partition coefficient (Wildman–Crippen LogP) is 1.53. The van der Waals surface area contributed by atoms with Crippen LogP contribution in [0.4, 0.5) is 0 Å². The molecule has 0 unspecified atom stereocenters. The molecule has 0 aliphatic heterocycles. The average molecular weight is 230 g/mol. The summed E-state index contributed by atoms with van der Waals surface area (Å²) in [5.41, 5.74) is 2.82. The standard InChI is InChI=1S/C14H7O2.Na/c15-13-11-7-3-1-5-9(11)10-6-2-4-8-12(10)14(13)16;/h1-3,5-8H;. The molecule has 1 aliphatic rings. The zero-order valence-corrected chi connectivity index (χ0v) is 11.4. The molecule has 17 heavy (non-hydrogen) atoms. The summed E-state index contributed by atoms with van der Waals surface area (Å²) < 4.78 is 1.13. The van der Waals surface area contributed by atoms with Crippen LogP contribution in [0.15, 0.2) is 42.5 Å². The van der Waals surface area contributed by atoms with Crippen LogP contribution in [0.5, 0.6) is 0 Å². The van der Waals surface area contributed by atoms with Crippen molar-refractivity contribution < 1.29 is 9.59 Å². The summed E-state index contributed by atoms with van der Waals surface area (Å²) in [5.74, 6) is -0.767. The molecule has 3 rings (SSSR count). The van der Waals surface area contributed by atoms with Crippen molar-refractivity contribution in [1.29, 1.82) is 0 Å². The van der Waals surface area contributed by atoms with Crippen molar-refractivity contribution in [3.8, 4) is 11.1 Å². The van der Waals surface area contributed by atoms with Crippen LogP contribution in [0.3, 0.4) is 0 Å². The van der Waals surface area contributed by atoms with Crippen LogP contribution in [-0.4, -0.2) is 39.5 Å². The molecule has 0 spiro atoms. The zero-order valence-electron chi connectivity index (χ0n) is 9.36. The fourth-order valence-electron chi connectivity index (χ4n) is 2.24. The topological polar surface area (TPSA) is 34.1 Å². The van der Waals surface area contributed by atoms with Crippen LogP contribution in [-0.2, 0) is 0 Å². The molecule has 2 nitrogen and oxygen atoms in total. The van der Waals surface area contributed by atoms with Crippen molar-refractivity contribution in [3.05, 3.63) is 53.6 Å². The van der Waals surface area contributed by atoms with Gasteiger partial charge >= 0.3 is 117 Å². The maximum absolute atomic E-state index is 12.0. The number of carbonyl (C=O) groups excluding carboxylic acids is 2. The number of hydrogen-bond donors (Lipinski definition) is 0. The number of fused-ring (bicyclic) bond motifs is 3. The van der Waals surface area contributed by atoms with Gasteiger partial charge in [0, 0.05) is 0 Å². The minimum atomic E-state index is -0.389. The van der Waals surface area contributed by atoms with Crippen molar-refractivity contribution in [2.45, 2.75) is 0 Å². The fourth-order valence-corrected chi connectivity index (χ4v) is 2.70. The Labute approximate surface area is 116 Å². The molecule has 0 atom stereocenters. The van der Waals surface area contributed by atoms with Gasteiger partial charge in [-0.2, -0.15) is 0 Å². The van der Waals surface area contributed by atoms with E-state index in [9.17, 15) is 9.59 Å². The molecule has 0 bridgehead atoms. The predicted molar refractivity (Wildman–Crippen MR) is 65.9 cm³/mol. The van der Waals surface area contributed by atoms with E-state index in [1.165, 1.54) is 0 Å². The van der Waals surface area contributed by atoms with Crippen LogP contribution in [0.1, 0.15) is 20.7 Å². The Hall–Kier alpha value is -1.22. The van der Waals surface area contributed by atoms with Gasteiger partial charge in [0.25, 0.3) is 0 Å². The average Bonchev–Trinajstić information content (AvgIpc) is 2.36. The maximum atomic E-state index is 12.0. The third-order valence-corrected chi connectivity index (χ3v) is 3.71. The molecular weight excluding hydrogens is 223 g/mol. The van der Waals surface area contributed by atoms with Crippen molar-refractivity contribution in [2.75, 3.05) is 0 Å². The van der Waals surface area contributed by atoms with Gasteiger partial charge in [0.05, 0.1) is 0 Å². The monoisotopic (exact) mass is 230 g/mol. The molecule has 76 valence electrons. The first kappa shape index (κ1) is 10.9. The number of rotatable bonds is 0. The molecular formula is C14H7NaO2. The van der Waals surface area contributed by atoms with Gasteiger partial charge in [-0.25, -0.2) is 0 Å². The summed E-state index contributed by atoms with van der Waals surface area (Å²) in [6.07, 6.45) is 0. The normalized spacial score (nSPS) is 13.3. The van der Waals surface area contributed by atoms with Crippen LogP contribution in [0.25, 0.3) is 11.1 Å². The molecule has 0 heterocycles. The van der Waals surface area contributed by atoms with Crippen molar-refractivity contribution >= 4 is 42.3 Å². The number of hydrogen-bond acceptors (Lipinski definition) is 2. The summed E-state index contributed by atoms with van der Waals surface area (Å²) in [6.45, 7) is 0. The Balaban J connectivity index is 2.40. The number of benzene rings is 2. The van der Waals surface area contributed by atoms with Crippen LogP contribution >= 0.6 is 0 Å². The molecule has 0 radical (unpaired) electrons. The molecule has 0 saturated carbocycles. The first-order valence-corrected chi connectivity index (χ1v) is 6.47. The molecule has 3 heteroatoms. The second kappa shape index (κ2) is 3.91. The Morgan fingerprint density at radius 1 is 0.706 bits per heavy atom. The van der Waals surface area contributed by atoms with Crippen molar-refractivity contribution in [3.63, 3.8) is 0 Å². The van der Waals surface area contributed by atoms with E-state index in [1.54, 1.807) is 12.1 Å². The summed E-state index contributed by atoms with van der Waals surface area (Å²) in [6, 6.07) is 13.1. The van der Waals surface area contributed by atoms with Crippen LogP contribution in [0, 0.1) is 0 Å². The van der Waals surface area contributed by atoms with E-state index in [4.69, 9.17) is 0 Å². The van der Waals surface area contributed by atoms with Crippen molar-refractivity contribution in [1.82, 2.24) is 0 Å². The second-order valence-electron chi connectivity index (χ2n) is 4.25. The van der Waals surface area contributed by atoms with E-state index in [0.717, 1.165) is 41.9 Å². The van der Waals surface area contributed by atoms with Gasteiger partial charge in [-0.1, -0.05) is 0 Å². The summed E-state index contributed by atoms with van der Waals surface area (Å²) >= 11 is 0.879. The van der Waals surface area contributed by atoms with Gasteiger partial charge in [-0.05, 0) is 0 Å². The molecule has 0 N–H and O–H groups in total. The Morgan fingerprint density at radius 2 is 1.29 bits per heavy atom. The number of ketones is 2. The molecule has 0 aromatic heterocycles. The van der Waals surface area contributed by atoms with E-state index in [2.05, 4.69) is 0 Å². The molecule has 2 aromatic rings. The molecule has 2 aromatic carbocycles. The Bertz CT molecular complexity index is 659. The van der Waals surface area contributed by atoms with Crippen molar-refractivity contribution in [2.24, 2.45) is 0 Å². The summed E-state index contributed by atoms with van der Waals surface area (Å²) in [7, 11) is 0. The fraction of sp³-hybridized carbons (Fsp3) is 0. The number of Topliss-reactive ketones (excluding diaryl/α,β-unsaturated/α-hetero) is 2. The SMILES string of the molecule is O=C1C(=O)c2c[c]([Na])ccc2-c2ccccc21. The van der Waals surface area contributed by atoms with Gasteiger partial charge in [0.1, 0.15) is 0 Å². The Kier molecular flexibility index (Phi) is 2.51. The molecule has 0 amide bonds. The first-order valence-electron chi connectivity index (χ1n) is 5.47. The van der Waals surface area contributed by atoms with E-state index < -0.39 is 0 Å². The zero-order chi connectivity index (χ0) is 12.0. The van der Waals surface area contributed by atoms with E-state index >= 15 is 0 Å². The van der Waals surface area contributed by atoms with Gasteiger partial charge in [0.2, 0.25) is 0 Å². The molecule has 0 saturated heterocycles. The van der Waals surface area contributed by atoms with E-state index in [-0.39, 0.29) is 11.6 Å². The Morgan fingerprint density at radius 3 is 2.06 bits per heavy atom. The third-order valence-electron chi connectivity index (χ3n) is 3.09. The van der Waals surface area contributed by atoms with E-state index in [0.29, 0.717) is 11.1 Å². The molecule has 0 fully saturated rings. The van der Waals surface area contributed by atoms with Gasteiger partial charge in [-0.3, -0.25) is 0 Å².